The van der Waals surface area contributed by atoms with Crippen molar-refractivity contribution in [3.8, 4) is 11.1 Å². The Morgan fingerprint density at radius 2 is 1.89 bits per heavy atom. The number of rotatable bonds is 4. The molecule has 0 radical (unpaired) electrons. The topological polar surface area (TPSA) is 55.0 Å². The van der Waals surface area contributed by atoms with Crippen molar-refractivity contribution in [1.82, 2.24) is 9.97 Å². The molecule has 1 aliphatic heterocycles. The number of benzene rings is 1. The molecule has 0 unspecified atom stereocenters. The summed E-state index contributed by atoms with van der Waals surface area (Å²) in [5.74, 6) is 1.87. The summed E-state index contributed by atoms with van der Waals surface area (Å²) in [7, 11) is 0. The third-order valence-electron chi connectivity index (χ3n) is 6.39. The third kappa shape index (κ3) is 3.23. The summed E-state index contributed by atoms with van der Waals surface area (Å²) in [6.45, 7) is 2.13. The summed E-state index contributed by atoms with van der Waals surface area (Å²) >= 11 is 1.71. The van der Waals surface area contributed by atoms with Crippen LogP contribution in [0.25, 0.3) is 21.3 Å². The molecule has 1 saturated carbocycles. The van der Waals surface area contributed by atoms with Crippen LogP contribution in [0.1, 0.15) is 38.5 Å². The minimum absolute atomic E-state index is 0.142. The fourth-order valence-corrected chi connectivity index (χ4v) is 5.60. The second kappa shape index (κ2) is 6.88. The Kier molecular flexibility index (Phi) is 4.37. The fraction of sp³-hybridized carbons (Fsp3) is 0.455. The summed E-state index contributed by atoms with van der Waals surface area (Å²) in [4.78, 5) is 12.8. The van der Waals surface area contributed by atoms with Gasteiger partial charge in [-0.3, -0.25) is 0 Å². The van der Waals surface area contributed by atoms with Gasteiger partial charge in [0.25, 0.3) is 0 Å². The average Bonchev–Trinajstić information content (AvgIpc) is 3.12. The maximum absolute atomic E-state index is 6.49. The number of hydrogen-bond acceptors (Lipinski definition) is 5. The number of nitrogens with two attached hydrogens (primary N) is 1. The number of aromatic nitrogens is 2. The van der Waals surface area contributed by atoms with Gasteiger partial charge in [-0.1, -0.05) is 30.3 Å². The number of hydrogen-bond donors (Lipinski definition) is 1. The Bertz CT molecular complexity index is 924. The largest absolute Gasteiger partial charge is 0.356 e. The molecule has 0 amide bonds. The van der Waals surface area contributed by atoms with Crippen LogP contribution >= 0.6 is 11.3 Å². The minimum atomic E-state index is 0.142. The summed E-state index contributed by atoms with van der Waals surface area (Å²) < 4.78 is 0. The van der Waals surface area contributed by atoms with E-state index in [9.17, 15) is 0 Å². The van der Waals surface area contributed by atoms with E-state index in [1.54, 1.807) is 17.7 Å². The van der Waals surface area contributed by atoms with E-state index in [1.165, 1.54) is 55.0 Å². The van der Waals surface area contributed by atoms with Crippen molar-refractivity contribution in [2.45, 2.75) is 44.1 Å². The van der Waals surface area contributed by atoms with E-state index in [-0.39, 0.29) is 5.54 Å². The van der Waals surface area contributed by atoms with Crippen molar-refractivity contribution in [2.75, 3.05) is 18.0 Å². The Labute approximate surface area is 164 Å². The first kappa shape index (κ1) is 17.1. The normalized spacial score (nSPS) is 20.0. The molecule has 2 aliphatic rings. The lowest BCUT2D eigenvalue weighted by Crippen LogP contribution is -2.49. The second-order valence-electron chi connectivity index (χ2n) is 8.24. The molecule has 0 atom stereocenters. The van der Waals surface area contributed by atoms with Gasteiger partial charge in [0.1, 0.15) is 17.0 Å². The molecule has 2 fully saturated rings. The summed E-state index contributed by atoms with van der Waals surface area (Å²) in [5.41, 5.74) is 9.13. The van der Waals surface area contributed by atoms with Crippen LogP contribution in [0, 0.1) is 5.92 Å². The van der Waals surface area contributed by atoms with E-state index < -0.39 is 0 Å². The number of nitrogens with zero attached hydrogens (tertiary/aromatic N) is 3. The van der Waals surface area contributed by atoms with E-state index in [2.05, 4.69) is 45.6 Å². The number of piperidine rings is 1. The Morgan fingerprint density at radius 1 is 1.11 bits per heavy atom. The first-order valence-corrected chi connectivity index (χ1v) is 10.9. The monoisotopic (exact) mass is 378 g/mol. The van der Waals surface area contributed by atoms with Gasteiger partial charge in [0.15, 0.2) is 0 Å². The van der Waals surface area contributed by atoms with Crippen LogP contribution in [0.2, 0.25) is 0 Å². The highest BCUT2D eigenvalue weighted by molar-refractivity contribution is 7.17. The number of anilines is 1. The molecule has 1 saturated heterocycles. The lowest BCUT2D eigenvalue weighted by Gasteiger charge is -2.43. The lowest BCUT2D eigenvalue weighted by molar-refractivity contribution is 0.181. The van der Waals surface area contributed by atoms with Crippen molar-refractivity contribution < 1.29 is 0 Å². The lowest BCUT2D eigenvalue weighted by atomic mass is 9.70. The molecule has 5 rings (SSSR count). The van der Waals surface area contributed by atoms with Gasteiger partial charge < -0.3 is 10.6 Å². The van der Waals surface area contributed by atoms with Crippen molar-refractivity contribution >= 4 is 27.4 Å². The second-order valence-corrected chi connectivity index (χ2v) is 9.10. The molecule has 1 aromatic carbocycles. The SMILES string of the molecule is NC1(CC2CCN(c3ncnc4scc(-c5ccccc5)c34)CC2)CCC1. The number of thiophene rings is 1. The van der Waals surface area contributed by atoms with Gasteiger partial charge in [-0.15, -0.1) is 11.3 Å². The van der Waals surface area contributed by atoms with Gasteiger partial charge in [-0.05, 0) is 50.0 Å². The van der Waals surface area contributed by atoms with Crippen LogP contribution in [0.4, 0.5) is 5.82 Å². The molecule has 4 nitrogen and oxygen atoms in total. The van der Waals surface area contributed by atoms with E-state index in [0.717, 1.165) is 29.7 Å². The van der Waals surface area contributed by atoms with Crippen molar-refractivity contribution in [2.24, 2.45) is 11.7 Å². The maximum Gasteiger partial charge on any atom is 0.141 e. The molecule has 140 valence electrons. The highest BCUT2D eigenvalue weighted by Gasteiger charge is 2.36. The van der Waals surface area contributed by atoms with Gasteiger partial charge in [-0.25, -0.2) is 9.97 Å². The van der Waals surface area contributed by atoms with Gasteiger partial charge in [-0.2, -0.15) is 0 Å². The molecule has 2 N–H and O–H groups in total. The summed E-state index contributed by atoms with van der Waals surface area (Å²) in [6.07, 6.45) is 9.11. The summed E-state index contributed by atoms with van der Waals surface area (Å²) in [5, 5.41) is 3.43. The van der Waals surface area contributed by atoms with E-state index in [1.807, 2.05) is 0 Å². The molecule has 0 bridgehead atoms. The van der Waals surface area contributed by atoms with Crippen molar-refractivity contribution in [3.05, 3.63) is 42.0 Å². The molecule has 3 aromatic rings. The van der Waals surface area contributed by atoms with Crippen LogP contribution in [0.15, 0.2) is 42.0 Å². The average molecular weight is 379 g/mol. The quantitative estimate of drug-likeness (QED) is 0.705. The molecule has 2 aromatic heterocycles. The van der Waals surface area contributed by atoms with Gasteiger partial charge in [0.05, 0.1) is 5.39 Å². The smallest absolute Gasteiger partial charge is 0.141 e. The molecular weight excluding hydrogens is 352 g/mol. The molecule has 27 heavy (non-hydrogen) atoms. The molecular formula is C22H26N4S. The first-order valence-electron chi connectivity index (χ1n) is 10.0. The zero-order valence-electron chi connectivity index (χ0n) is 15.6. The molecule has 5 heteroatoms. The van der Waals surface area contributed by atoms with Crippen LogP contribution < -0.4 is 10.6 Å². The van der Waals surface area contributed by atoms with Crippen LogP contribution in [-0.2, 0) is 0 Å². The third-order valence-corrected chi connectivity index (χ3v) is 7.28. The van der Waals surface area contributed by atoms with Gasteiger partial charge in [0.2, 0.25) is 0 Å². The van der Waals surface area contributed by atoms with Crippen LogP contribution in [0.5, 0.6) is 0 Å². The minimum Gasteiger partial charge on any atom is -0.356 e. The zero-order valence-corrected chi connectivity index (χ0v) is 16.4. The van der Waals surface area contributed by atoms with E-state index in [0.29, 0.717) is 0 Å². The fourth-order valence-electron chi connectivity index (χ4n) is 4.69. The van der Waals surface area contributed by atoms with Crippen LogP contribution in [-0.4, -0.2) is 28.6 Å². The predicted octanol–water partition coefficient (Wildman–Crippen LogP) is 4.85. The van der Waals surface area contributed by atoms with E-state index >= 15 is 0 Å². The predicted molar refractivity (Wildman–Crippen MR) is 113 cm³/mol. The highest BCUT2D eigenvalue weighted by atomic mass is 32.1. The van der Waals surface area contributed by atoms with Crippen molar-refractivity contribution in [1.29, 1.82) is 0 Å². The first-order chi connectivity index (χ1) is 13.2. The van der Waals surface area contributed by atoms with Crippen molar-refractivity contribution in [3.63, 3.8) is 0 Å². The van der Waals surface area contributed by atoms with Gasteiger partial charge in [0, 0.05) is 29.6 Å². The van der Waals surface area contributed by atoms with E-state index in [4.69, 9.17) is 10.7 Å². The Balaban J connectivity index is 1.40. The standard InChI is InChI=1S/C22H26N4S/c23-22(9-4-10-22)13-16-7-11-26(12-8-16)20-19-18(17-5-2-1-3-6-17)14-27-21(19)25-15-24-20/h1-3,5-6,14-16H,4,7-13,23H2. The Hall–Kier alpha value is -1.98. The summed E-state index contributed by atoms with van der Waals surface area (Å²) in [6, 6.07) is 10.6. The van der Waals surface area contributed by atoms with Crippen LogP contribution in [0.3, 0.4) is 0 Å². The molecule has 0 spiro atoms. The molecule has 3 heterocycles. The zero-order chi connectivity index (χ0) is 18.3. The Morgan fingerprint density at radius 3 is 2.59 bits per heavy atom. The number of fused-ring (bicyclic) bond motifs is 1. The highest BCUT2D eigenvalue weighted by Crippen LogP contribution is 2.41. The van der Waals surface area contributed by atoms with Gasteiger partial charge >= 0.3 is 0 Å². The molecule has 1 aliphatic carbocycles. The maximum atomic E-state index is 6.49.